The maximum atomic E-state index is 13.5. The smallest absolute Gasteiger partial charge is 0.310 e. The van der Waals surface area contributed by atoms with Crippen LogP contribution in [-0.4, -0.2) is 99.2 Å². The molecule has 15 heteroatoms. The van der Waals surface area contributed by atoms with Crippen molar-refractivity contribution < 1.29 is 19.1 Å². The number of hydrogen-bond donors (Lipinski definition) is 1. The van der Waals surface area contributed by atoms with E-state index in [4.69, 9.17) is 20.2 Å². The molecule has 3 aromatic heterocycles. The van der Waals surface area contributed by atoms with E-state index in [1.807, 2.05) is 35.3 Å². The van der Waals surface area contributed by atoms with Gasteiger partial charge in [-0.25, -0.2) is 14.4 Å². The van der Waals surface area contributed by atoms with E-state index in [9.17, 15) is 19.2 Å². The van der Waals surface area contributed by atoms with Gasteiger partial charge >= 0.3 is 5.97 Å². The maximum absolute atomic E-state index is 13.5. The number of aromatic nitrogens is 4. The van der Waals surface area contributed by atoms with Gasteiger partial charge in [0, 0.05) is 44.8 Å². The van der Waals surface area contributed by atoms with Crippen LogP contribution in [-0.2, 0) is 16.0 Å². The fourth-order valence-corrected chi connectivity index (χ4v) is 7.25. The molecular weight excluding hydrogens is 594 g/mol. The number of thiazole rings is 1. The summed E-state index contributed by atoms with van der Waals surface area (Å²) in [4.78, 5) is 42.2. The van der Waals surface area contributed by atoms with Crippen LogP contribution in [0.15, 0.2) is 24.3 Å². The summed E-state index contributed by atoms with van der Waals surface area (Å²) in [6.45, 7) is 4.33. The molecule has 0 radical (unpaired) electrons. The fourth-order valence-electron chi connectivity index (χ4n) is 5.45. The monoisotopic (exact) mass is 623 g/mol. The molecule has 224 valence electrons. The van der Waals surface area contributed by atoms with Gasteiger partial charge in [-0.2, -0.15) is 9.78 Å². The average molecular weight is 624 g/mol. The Morgan fingerprint density at radius 2 is 1.91 bits per heavy atom. The number of hydrogen-bond acceptors (Lipinski definition) is 11. The van der Waals surface area contributed by atoms with Gasteiger partial charge in [0.25, 0.3) is 0 Å². The number of anilines is 3. The molecule has 2 saturated heterocycles. The van der Waals surface area contributed by atoms with E-state index in [1.54, 1.807) is 17.0 Å². The van der Waals surface area contributed by atoms with Gasteiger partial charge in [0.1, 0.15) is 22.5 Å². The number of aryl methyl sites for hydroxylation is 1. The number of imidazole rings is 1. The van der Waals surface area contributed by atoms with E-state index in [-0.39, 0.29) is 37.4 Å². The average Bonchev–Trinajstić information content (AvgIpc) is 3.74. The van der Waals surface area contributed by atoms with Gasteiger partial charge in [-0.15, -0.1) is 5.10 Å². The van der Waals surface area contributed by atoms with Crippen LogP contribution in [0.1, 0.15) is 23.9 Å². The summed E-state index contributed by atoms with van der Waals surface area (Å²) < 4.78 is 15.3. The number of likely N-dealkylation sites (N-methyl/N-ethyl adjacent to an activating group) is 1. The van der Waals surface area contributed by atoms with E-state index >= 15 is 0 Å². The second kappa shape index (κ2) is 11.5. The molecule has 1 N–H and O–H groups in total. The zero-order chi connectivity index (χ0) is 30.4. The Labute approximate surface area is 255 Å². The van der Waals surface area contributed by atoms with Crippen molar-refractivity contribution in [3.8, 4) is 17.3 Å². The van der Waals surface area contributed by atoms with Crippen LogP contribution in [0.3, 0.4) is 0 Å². The van der Waals surface area contributed by atoms with Crippen molar-refractivity contribution in [1.29, 1.82) is 5.26 Å². The minimum Gasteiger partial charge on any atom is -0.481 e. The number of nitriles is 1. The lowest BCUT2D eigenvalue weighted by Crippen LogP contribution is -2.55. The number of amides is 1. The summed E-state index contributed by atoms with van der Waals surface area (Å²) in [6, 6.07) is 8.33. The second-order valence-corrected chi connectivity index (χ2v) is 12.7. The maximum Gasteiger partial charge on any atom is 0.310 e. The first kappa shape index (κ1) is 29.0. The molecule has 0 saturated carbocycles. The molecule has 0 spiro atoms. The van der Waals surface area contributed by atoms with Crippen LogP contribution in [0.2, 0.25) is 0 Å². The van der Waals surface area contributed by atoms with Gasteiger partial charge in [-0.05, 0) is 44.2 Å². The van der Waals surface area contributed by atoms with Crippen LogP contribution in [0.25, 0.3) is 16.2 Å². The molecule has 1 aromatic carbocycles. The van der Waals surface area contributed by atoms with Gasteiger partial charge in [0.2, 0.25) is 16.0 Å². The van der Waals surface area contributed by atoms with E-state index < -0.39 is 11.9 Å². The molecule has 2 aliphatic heterocycles. The summed E-state index contributed by atoms with van der Waals surface area (Å²) >= 11 is 2.76. The molecule has 0 aliphatic carbocycles. The standard InChI is InChI=1S/C28H30FN9O3S2/c1-4-20-24(35(3)26-32-23(21(11-30)42-26)16-5-7-18(29)8-6-16)38-27(31-20)43-28(33-38)36-10-9-19(14-36)34(2)15-22(39)37-12-17(13-37)25(40)41/h5-8,17,19H,4,9-10,12-15H2,1-3H3,(H,40,41). The SMILES string of the molecule is CCc1nc2sc(N3CCC(N(C)CC(=O)N4CC(C(=O)O)C4)C3)nn2c1N(C)c1nc(-c2ccc(F)cc2)c(C#N)s1. The molecule has 43 heavy (non-hydrogen) atoms. The van der Waals surface area contributed by atoms with Crippen LogP contribution in [0, 0.1) is 23.1 Å². The molecule has 0 bridgehead atoms. The lowest BCUT2D eigenvalue weighted by Gasteiger charge is -2.38. The van der Waals surface area contributed by atoms with Gasteiger partial charge in [-0.3, -0.25) is 14.5 Å². The molecule has 12 nitrogen and oxygen atoms in total. The van der Waals surface area contributed by atoms with Crippen molar-refractivity contribution in [2.45, 2.75) is 25.8 Å². The second-order valence-electron chi connectivity index (χ2n) is 10.8. The van der Waals surface area contributed by atoms with E-state index in [1.165, 1.54) is 34.8 Å². The Morgan fingerprint density at radius 3 is 2.58 bits per heavy atom. The molecule has 4 aromatic rings. The van der Waals surface area contributed by atoms with Gasteiger partial charge < -0.3 is 19.8 Å². The lowest BCUT2D eigenvalue weighted by molar-refractivity contribution is -0.153. The molecule has 2 fully saturated rings. The minimum absolute atomic E-state index is 0.0460. The quantitative estimate of drug-likeness (QED) is 0.296. The van der Waals surface area contributed by atoms with Crippen molar-refractivity contribution in [1.82, 2.24) is 29.4 Å². The highest BCUT2D eigenvalue weighted by molar-refractivity contribution is 7.20. The number of benzene rings is 1. The molecule has 2 aliphatic rings. The highest BCUT2D eigenvalue weighted by Crippen LogP contribution is 2.38. The Hall–Kier alpha value is -4.13. The van der Waals surface area contributed by atoms with E-state index in [2.05, 4.69) is 11.0 Å². The van der Waals surface area contributed by atoms with E-state index in [0.717, 1.165) is 34.6 Å². The Kier molecular flexibility index (Phi) is 7.75. The number of halogens is 1. The molecule has 1 amide bonds. The van der Waals surface area contributed by atoms with Crippen molar-refractivity contribution in [2.24, 2.45) is 5.92 Å². The Balaban J connectivity index is 1.19. The first-order chi connectivity index (χ1) is 20.7. The lowest BCUT2D eigenvalue weighted by atomic mass is 10.0. The summed E-state index contributed by atoms with van der Waals surface area (Å²) in [5.74, 6) is -0.938. The van der Waals surface area contributed by atoms with Gasteiger partial charge in [0.05, 0.1) is 18.2 Å². The normalized spacial score (nSPS) is 17.1. The highest BCUT2D eigenvalue weighted by atomic mass is 32.1. The van der Waals surface area contributed by atoms with Crippen LogP contribution < -0.4 is 9.80 Å². The van der Waals surface area contributed by atoms with Crippen molar-refractivity contribution in [2.75, 3.05) is 56.6 Å². The van der Waals surface area contributed by atoms with Crippen LogP contribution in [0.4, 0.5) is 20.5 Å². The predicted octanol–water partition coefficient (Wildman–Crippen LogP) is 3.31. The largest absolute Gasteiger partial charge is 0.481 e. The zero-order valence-corrected chi connectivity index (χ0v) is 25.5. The fraction of sp³-hybridized carbons (Fsp3) is 0.429. The van der Waals surface area contributed by atoms with Crippen LogP contribution in [0.5, 0.6) is 0 Å². The third-order valence-corrected chi connectivity index (χ3v) is 10.0. The number of aliphatic carboxylic acids is 1. The number of fused-ring (bicyclic) bond motifs is 1. The number of nitrogens with zero attached hydrogens (tertiary/aromatic N) is 9. The molecular formula is C28H30FN9O3S2. The first-order valence-corrected chi connectivity index (χ1v) is 15.5. The molecule has 5 heterocycles. The molecule has 1 atom stereocenters. The first-order valence-electron chi connectivity index (χ1n) is 13.9. The topological polar surface area (TPSA) is 134 Å². The summed E-state index contributed by atoms with van der Waals surface area (Å²) in [6.07, 6.45) is 1.56. The zero-order valence-electron chi connectivity index (χ0n) is 23.9. The van der Waals surface area contributed by atoms with Crippen molar-refractivity contribution in [3.05, 3.63) is 40.7 Å². The van der Waals surface area contributed by atoms with E-state index in [0.29, 0.717) is 34.2 Å². The Bertz CT molecular complexity index is 1720. The number of rotatable bonds is 9. The van der Waals surface area contributed by atoms with Gasteiger partial charge in [0.15, 0.2) is 10.9 Å². The minimum atomic E-state index is -0.854. The number of carboxylic acids is 1. The number of likely N-dealkylation sites (tertiary alicyclic amines) is 1. The summed E-state index contributed by atoms with van der Waals surface area (Å²) in [5, 5.41) is 25.2. The summed E-state index contributed by atoms with van der Waals surface area (Å²) in [7, 11) is 3.81. The highest BCUT2D eigenvalue weighted by Gasteiger charge is 2.37. The number of carbonyl (C=O) groups excluding carboxylic acids is 1. The predicted molar refractivity (Wildman–Crippen MR) is 161 cm³/mol. The summed E-state index contributed by atoms with van der Waals surface area (Å²) in [5.41, 5.74) is 2.04. The number of carboxylic acid groups (broad SMARTS) is 1. The molecule has 1 unspecified atom stereocenters. The third-order valence-electron chi connectivity index (χ3n) is 8.04. The van der Waals surface area contributed by atoms with Gasteiger partial charge in [-0.1, -0.05) is 29.6 Å². The Morgan fingerprint density at radius 1 is 1.16 bits per heavy atom. The van der Waals surface area contributed by atoms with Crippen molar-refractivity contribution >= 4 is 55.6 Å². The van der Waals surface area contributed by atoms with Crippen molar-refractivity contribution in [3.63, 3.8) is 0 Å². The molecule has 6 rings (SSSR count). The van der Waals surface area contributed by atoms with Crippen LogP contribution >= 0.6 is 22.7 Å². The third kappa shape index (κ3) is 5.41. The number of carbonyl (C=O) groups is 2.